The minimum absolute atomic E-state index is 0.0496. The maximum atomic E-state index is 12.6. The molecule has 1 N–H and O–H groups in total. The third kappa shape index (κ3) is 3.00. The molecule has 0 radical (unpaired) electrons. The second kappa shape index (κ2) is 5.00. The van der Waals surface area contributed by atoms with E-state index in [9.17, 15) is 18.3 Å². The molecule has 0 aliphatic heterocycles. The van der Waals surface area contributed by atoms with E-state index >= 15 is 0 Å². The number of nitrogens with zero attached hydrogens (tertiary/aromatic N) is 1. The Kier molecular flexibility index (Phi) is 3.71. The molecule has 1 heterocycles. The Morgan fingerprint density at radius 3 is 2.37 bits per heavy atom. The molecule has 0 unspecified atom stereocenters. The monoisotopic (exact) mass is 275 g/mol. The average Bonchev–Trinajstić information content (AvgIpc) is 2.38. The van der Waals surface area contributed by atoms with Gasteiger partial charge in [0.2, 0.25) is 5.88 Å². The maximum absolute atomic E-state index is 12.6. The van der Waals surface area contributed by atoms with Gasteiger partial charge < -0.3 is 9.84 Å². The van der Waals surface area contributed by atoms with Gasteiger partial charge in [0, 0.05) is 17.8 Å². The van der Waals surface area contributed by atoms with Crippen LogP contribution in [0.1, 0.15) is 31.2 Å². The predicted molar refractivity (Wildman–Crippen MR) is 62.7 cm³/mol. The molecule has 0 aromatic carbocycles. The average molecular weight is 275 g/mol. The molecule has 0 saturated heterocycles. The fourth-order valence-corrected chi connectivity index (χ4v) is 2.49. The normalized spacial score (nSPS) is 28.2. The fourth-order valence-electron chi connectivity index (χ4n) is 2.49. The van der Waals surface area contributed by atoms with Crippen LogP contribution in [0.3, 0.4) is 0 Å². The molecule has 0 bridgehead atoms. The number of aromatic nitrogens is 1. The first-order valence-corrected chi connectivity index (χ1v) is 6.15. The second-order valence-electron chi connectivity index (χ2n) is 4.94. The van der Waals surface area contributed by atoms with Gasteiger partial charge in [0.25, 0.3) is 0 Å². The summed E-state index contributed by atoms with van der Waals surface area (Å²) in [7, 11) is 1.48. The molecule has 1 saturated carbocycles. The van der Waals surface area contributed by atoms with E-state index in [1.54, 1.807) is 12.1 Å². The van der Waals surface area contributed by atoms with Gasteiger partial charge in [-0.1, -0.05) is 0 Å². The summed E-state index contributed by atoms with van der Waals surface area (Å²) in [5, 5.41) is 10.4. The van der Waals surface area contributed by atoms with Gasteiger partial charge in [-0.3, -0.25) is 0 Å². The third-order valence-corrected chi connectivity index (χ3v) is 3.76. The van der Waals surface area contributed by atoms with Crippen molar-refractivity contribution in [3.05, 3.63) is 23.9 Å². The fraction of sp³-hybridized carbons (Fsp3) is 0.615. The second-order valence-corrected chi connectivity index (χ2v) is 4.94. The summed E-state index contributed by atoms with van der Waals surface area (Å²) in [6, 6.07) is 3.25. The molecule has 0 amide bonds. The number of halogens is 3. The van der Waals surface area contributed by atoms with E-state index in [0.29, 0.717) is 11.4 Å². The summed E-state index contributed by atoms with van der Waals surface area (Å²) in [6.07, 6.45) is -2.60. The van der Waals surface area contributed by atoms with Crippen molar-refractivity contribution in [3.63, 3.8) is 0 Å². The Morgan fingerprint density at radius 1 is 1.32 bits per heavy atom. The van der Waals surface area contributed by atoms with Crippen molar-refractivity contribution in [2.75, 3.05) is 7.11 Å². The van der Waals surface area contributed by atoms with Crippen molar-refractivity contribution in [2.45, 2.75) is 37.5 Å². The summed E-state index contributed by atoms with van der Waals surface area (Å²) in [5.41, 5.74) is -0.657. The van der Waals surface area contributed by atoms with E-state index < -0.39 is 17.7 Å². The summed E-state index contributed by atoms with van der Waals surface area (Å²) in [6.45, 7) is 0. The zero-order valence-electron chi connectivity index (χ0n) is 10.6. The van der Waals surface area contributed by atoms with Crippen LogP contribution in [0.5, 0.6) is 5.88 Å². The number of hydrogen-bond acceptors (Lipinski definition) is 3. The van der Waals surface area contributed by atoms with Crippen LogP contribution in [0.2, 0.25) is 0 Å². The third-order valence-electron chi connectivity index (χ3n) is 3.76. The van der Waals surface area contributed by atoms with Gasteiger partial charge in [0.05, 0.1) is 18.6 Å². The van der Waals surface area contributed by atoms with E-state index in [4.69, 9.17) is 4.74 Å². The number of ether oxygens (including phenoxy) is 1. The first kappa shape index (κ1) is 14.1. The van der Waals surface area contributed by atoms with Crippen molar-refractivity contribution < 1.29 is 23.0 Å². The summed E-state index contributed by atoms with van der Waals surface area (Å²) < 4.78 is 42.7. The summed E-state index contributed by atoms with van der Waals surface area (Å²) in [5.74, 6) is -0.893. The highest BCUT2D eigenvalue weighted by molar-refractivity contribution is 5.24. The molecule has 6 heteroatoms. The quantitative estimate of drug-likeness (QED) is 0.902. The van der Waals surface area contributed by atoms with Gasteiger partial charge in [0.1, 0.15) is 0 Å². The highest BCUT2D eigenvalue weighted by atomic mass is 19.4. The Bertz CT molecular complexity index is 423. The van der Waals surface area contributed by atoms with Gasteiger partial charge in [-0.05, 0) is 31.7 Å². The van der Waals surface area contributed by atoms with E-state index in [0.717, 1.165) is 0 Å². The van der Waals surface area contributed by atoms with Crippen molar-refractivity contribution in [1.29, 1.82) is 0 Å². The van der Waals surface area contributed by atoms with Crippen LogP contribution >= 0.6 is 0 Å². The molecule has 19 heavy (non-hydrogen) atoms. The highest BCUT2D eigenvalue weighted by Crippen LogP contribution is 2.45. The molecule has 1 aliphatic carbocycles. The van der Waals surface area contributed by atoms with Crippen molar-refractivity contribution >= 4 is 0 Å². The molecule has 1 aromatic heterocycles. The largest absolute Gasteiger partial charge is 0.481 e. The minimum atomic E-state index is -4.17. The smallest absolute Gasteiger partial charge is 0.391 e. The molecule has 1 aliphatic rings. The number of methoxy groups -OCH3 is 1. The first-order chi connectivity index (χ1) is 8.85. The lowest BCUT2D eigenvalue weighted by atomic mass is 9.75. The van der Waals surface area contributed by atoms with Crippen LogP contribution in [0.25, 0.3) is 0 Å². The van der Waals surface area contributed by atoms with Crippen LogP contribution in [0.15, 0.2) is 18.3 Å². The summed E-state index contributed by atoms with van der Waals surface area (Å²) >= 11 is 0. The number of aliphatic hydroxyl groups is 1. The van der Waals surface area contributed by atoms with Crippen LogP contribution < -0.4 is 4.74 Å². The van der Waals surface area contributed by atoms with E-state index in [-0.39, 0.29) is 25.7 Å². The van der Waals surface area contributed by atoms with Crippen molar-refractivity contribution in [2.24, 2.45) is 5.92 Å². The lowest BCUT2D eigenvalue weighted by molar-refractivity contribution is -0.193. The zero-order chi connectivity index (χ0) is 14.1. The van der Waals surface area contributed by atoms with Gasteiger partial charge in [-0.25, -0.2) is 4.98 Å². The van der Waals surface area contributed by atoms with E-state index in [2.05, 4.69) is 4.98 Å². The Hall–Kier alpha value is -1.30. The van der Waals surface area contributed by atoms with Gasteiger partial charge >= 0.3 is 6.18 Å². The SMILES string of the molecule is COc1ccc(C2(O)CCC(C(F)(F)F)CC2)cn1. The number of hydrogen-bond donors (Lipinski definition) is 1. The maximum Gasteiger partial charge on any atom is 0.391 e. The topological polar surface area (TPSA) is 42.4 Å². The standard InChI is InChI=1S/C13H16F3NO2/c1-19-11-3-2-10(8-17-11)12(18)6-4-9(5-7-12)13(14,15)16/h2-3,8-9,18H,4-7H2,1H3. The molecule has 2 rings (SSSR count). The lowest BCUT2D eigenvalue weighted by Gasteiger charge is -2.36. The minimum Gasteiger partial charge on any atom is -0.481 e. The molecular formula is C13H16F3NO2. The lowest BCUT2D eigenvalue weighted by Crippen LogP contribution is -2.36. The van der Waals surface area contributed by atoms with E-state index in [1.807, 2.05) is 0 Å². The molecular weight excluding hydrogens is 259 g/mol. The van der Waals surface area contributed by atoms with Crippen molar-refractivity contribution in [3.8, 4) is 5.88 Å². The highest BCUT2D eigenvalue weighted by Gasteiger charge is 2.45. The van der Waals surface area contributed by atoms with Gasteiger partial charge in [-0.2, -0.15) is 13.2 Å². The summed E-state index contributed by atoms with van der Waals surface area (Å²) in [4.78, 5) is 3.98. The van der Waals surface area contributed by atoms with Gasteiger partial charge in [-0.15, -0.1) is 0 Å². The molecule has 1 fully saturated rings. The first-order valence-electron chi connectivity index (χ1n) is 6.15. The zero-order valence-corrected chi connectivity index (χ0v) is 10.6. The molecule has 1 aromatic rings. The van der Waals surface area contributed by atoms with Crippen molar-refractivity contribution in [1.82, 2.24) is 4.98 Å². The van der Waals surface area contributed by atoms with Gasteiger partial charge in [0.15, 0.2) is 0 Å². The molecule has 106 valence electrons. The number of alkyl halides is 3. The van der Waals surface area contributed by atoms with Crippen LogP contribution in [-0.2, 0) is 5.60 Å². The molecule has 3 nitrogen and oxygen atoms in total. The Balaban J connectivity index is 2.08. The van der Waals surface area contributed by atoms with Crippen LogP contribution in [0.4, 0.5) is 13.2 Å². The molecule has 0 spiro atoms. The van der Waals surface area contributed by atoms with Crippen LogP contribution in [0, 0.1) is 5.92 Å². The predicted octanol–water partition coefficient (Wildman–Crippen LogP) is 3.03. The molecule has 0 atom stereocenters. The van der Waals surface area contributed by atoms with E-state index in [1.165, 1.54) is 13.3 Å². The number of rotatable bonds is 2. The number of pyridine rings is 1. The van der Waals surface area contributed by atoms with Crippen LogP contribution in [-0.4, -0.2) is 23.4 Å². The Labute approximate surface area is 109 Å². The Morgan fingerprint density at radius 2 is 1.95 bits per heavy atom.